The maximum atomic E-state index is 5.84. The zero-order valence-corrected chi connectivity index (χ0v) is 30.3. The van der Waals surface area contributed by atoms with E-state index >= 15 is 0 Å². The van der Waals surface area contributed by atoms with Crippen molar-refractivity contribution >= 4 is 46.4 Å². The van der Waals surface area contributed by atoms with Gasteiger partial charge in [0.15, 0.2) is 0 Å². The Bertz CT molecular complexity index is 2090. The van der Waals surface area contributed by atoms with Gasteiger partial charge in [0.2, 0.25) is 5.71 Å². The number of aryl methyl sites for hydroxylation is 2. The van der Waals surface area contributed by atoms with Crippen molar-refractivity contribution in [1.82, 2.24) is 19.5 Å². The first-order valence-corrected chi connectivity index (χ1v) is 18.7. The molecule has 0 amide bonds. The van der Waals surface area contributed by atoms with Crippen molar-refractivity contribution in [3.05, 3.63) is 108 Å². The number of furan rings is 1. The van der Waals surface area contributed by atoms with E-state index in [-0.39, 0.29) is 20.1 Å². The third kappa shape index (κ3) is 6.86. The summed E-state index contributed by atoms with van der Waals surface area (Å²) in [4.78, 5) is 13.9. The number of benzene rings is 3. The molecule has 0 bridgehead atoms. The molecular weight excluding hydrogens is 749 g/mol. The Morgan fingerprint density at radius 2 is 1.67 bits per heavy atom. The van der Waals surface area contributed by atoms with Crippen LogP contribution in [0, 0.1) is 25.0 Å². The fourth-order valence-electron chi connectivity index (χ4n) is 5.69. The minimum Gasteiger partial charge on any atom is -0.486 e. The number of para-hydroxylation sites is 2. The molecule has 3 aromatic carbocycles. The van der Waals surface area contributed by atoms with Crippen LogP contribution in [0.5, 0.6) is 0 Å². The van der Waals surface area contributed by atoms with Crippen molar-refractivity contribution in [2.24, 2.45) is 13.0 Å². The maximum Gasteiger partial charge on any atom is 0.216 e. The summed E-state index contributed by atoms with van der Waals surface area (Å²) in [6.45, 7) is 13.7. The van der Waals surface area contributed by atoms with Crippen LogP contribution < -0.4 is 5.19 Å². The fraction of sp³-hybridized carbons (Fsp3) is 0.237. The third-order valence-corrected chi connectivity index (χ3v) is 9.91. The largest absolute Gasteiger partial charge is 0.486 e. The summed E-state index contributed by atoms with van der Waals surface area (Å²) in [6, 6.07) is 33.1. The minimum atomic E-state index is -1.34. The van der Waals surface area contributed by atoms with Gasteiger partial charge in [-0.3, -0.25) is 4.98 Å². The number of rotatable bonds is 5. The molecule has 0 fully saturated rings. The van der Waals surface area contributed by atoms with Crippen LogP contribution in [0.2, 0.25) is 19.6 Å². The first-order chi connectivity index (χ1) is 21.1. The summed E-state index contributed by atoms with van der Waals surface area (Å²) >= 11 is 0. The van der Waals surface area contributed by atoms with Crippen molar-refractivity contribution in [1.29, 1.82) is 0 Å². The van der Waals surface area contributed by atoms with E-state index in [0.717, 1.165) is 62.1 Å². The Morgan fingerprint density at radius 1 is 0.889 bits per heavy atom. The van der Waals surface area contributed by atoms with Crippen molar-refractivity contribution in [2.45, 2.75) is 46.8 Å². The van der Waals surface area contributed by atoms with Gasteiger partial charge in [0.25, 0.3) is 0 Å². The van der Waals surface area contributed by atoms with Crippen LogP contribution in [-0.4, -0.2) is 27.6 Å². The van der Waals surface area contributed by atoms with E-state index < -0.39 is 8.07 Å². The predicted octanol–water partition coefficient (Wildman–Crippen LogP) is 8.93. The molecule has 0 saturated heterocycles. The minimum absolute atomic E-state index is 0. The summed E-state index contributed by atoms with van der Waals surface area (Å²) in [5.74, 6) is 1.56. The second kappa shape index (κ2) is 13.2. The SMILES string of the molecule is CC(C)Cc1cc(-c2[c-]cccc2)ncc1[Si](C)(C)C.Cc1ccc2c(n1)oc1c[c-]c(-c3nc4ccccc4n3C)cc12.[Ir]. The smallest absolute Gasteiger partial charge is 0.216 e. The first-order valence-electron chi connectivity index (χ1n) is 15.2. The molecule has 231 valence electrons. The Hall–Kier alpha value is -3.90. The molecule has 0 unspecified atom stereocenters. The van der Waals surface area contributed by atoms with Gasteiger partial charge < -0.3 is 14.0 Å². The molecule has 7 rings (SSSR count). The molecular formula is C38H38IrN4OSi-2. The average molecular weight is 787 g/mol. The average Bonchev–Trinajstić information content (AvgIpc) is 3.53. The normalized spacial score (nSPS) is 11.6. The number of nitrogens with zero attached hydrogens (tertiary/aromatic N) is 4. The van der Waals surface area contributed by atoms with Crippen LogP contribution >= 0.6 is 0 Å². The van der Waals surface area contributed by atoms with Crippen molar-refractivity contribution in [3.63, 3.8) is 0 Å². The van der Waals surface area contributed by atoms with E-state index in [0.29, 0.717) is 11.6 Å². The summed E-state index contributed by atoms with van der Waals surface area (Å²) in [5.41, 5.74) is 9.05. The predicted molar refractivity (Wildman–Crippen MR) is 185 cm³/mol. The van der Waals surface area contributed by atoms with E-state index in [4.69, 9.17) is 9.40 Å². The molecule has 0 atom stereocenters. The summed E-state index contributed by atoms with van der Waals surface area (Å²) < 4.78 is 7.94. The number of pyridine rings is 2. The molecule has 7 aromatic rings. The van der Waals surface area contributed by atoms with Gasteiger partial charge in [-0.05, 0) is 54.4 Å². The fourth-order valence-corrected chi connectivity index (χ4v) is 7.28. The number of hydrogen-bond acceptors (Lipinski definition) is 4. The van der Waals surface area contributed by atoms with Gasteiger partial charge in [-0.1, -0.05) is 62.6 Å². The number of aromatic nitrogens is 4. The third-order valence-electron chi connectivity index (χ3n) is 7.85. The Labute approximate surface area is 280 Å². The molecule has 0 aliphatic rings. The van der Waals surface area contributed by atoms with Crippen molar-refractivity contribution < 1.29 is 24.5 Å². The van der Waals surface area contributed by atoms with Gasteiger partial charge >= 0.3 is 0 Å². The van der Waals surface area contributed by atoms with Crippen LogP contribution in [0.3, 0.4) is 0 Å². The van der Waals surface area contributed by atoms with Gasteiger partial charge in [0.1, 0.15) is 0 Å². The molecule has 5 nitrogen and oxygen atoms in total. The van der Waals surface area contributed by atoms with Crippen molar-refractivity contribution in [3.8, 4) is 22.6 Å². The maximum absolute atomic E-state index is 5.84. The van der Waals surface area contributed by atoms with E-state index in [2.05, 4.69) is 96.7 Å². The second-order valence-electron chi connectivity index (χ2n) is 12.9. The van der Waals surface area contributed by atoms with E-state index in [1.165, 1.54) is 10.8 Å². The Kier molecular flexibility index (Phi) is 9.54. The standard InChI is InChI=1S/C20H14N3O.C18H24NSi.Ir/c1-12-7-9-14-15-11-13(8-10-18(15)24-20(14)21-12)19-22-16-5-3-4-6-17(16)23(19)2;1-14(2)11-16-12-17(15-9-7-6-8-10-15)19-13-18(16)20(3,4)5;/h3-7,9-11H,1-2H3;6-9,12-14H,11H2,1-5H3;/q2*-1;. The van der Waals surface area contributed by atoms with E-state index in [9.17, 15) is 0 Å². The molecule has 0 aliphatic heterocycles. The quantitative estimate of drug-likeness (QED) is 0.129. The molecule has 0 aliphatic carbocycles. The molecule has 0 spiro atoms. The molecule has 7 heteroatoms. The number of imidazole rings is 1. The van der Waals surface area contributed by atoms with Gasteiger partial charge in [-0.2, -0.15) is 0 Å². The van der Waals surface area contributed by atoms with E-state index in [1.54, 1.807) is 0 Å². The van der Waals surface area contributed by atoms with Crippen LogP contribution in [-0.2, 0) is 33.6 Å². The molecule has 1 radical (unpaired) electrons. The van der Waals surface area contributed by atoms with Gasteiger partial charge in [-0.25, -0.2) is 4.98 Å². The molecule has 0 saturated carbocycles. The van der Waals surface area contributed by atoms with Gasteiger partial charge in [-0.15, -0.1) is 59.7 Å². The molecule has 0 N–H and O–H groups in total. The summed E-state index contributed by atoms with van der Waals surface area (Å²) in [7, 11) is 0.688. The van der Waals surface area contributed by atoms with E-state index in [1.807, 2.05) is 62.5 Å². The monoisotopic (exact) mass is 787 g/mol. The van der Waals surface area contributed by atoms with Crippen molar-refractivity contribution in [2.75, 3.05) is 0 Å². The topological polar surface area (TPSA) is 56.7 Å². The molecule has 4 aromatic heterocycles. The Balaban J connectivity index is 0.000000177. The summed E-state index contributed by atoms with van der Waals surface area (Å²) in [6.07, 6.45) is 3.24. The first kappa shape index (κ1) is 32.5. The summed E-state index contributed by atoms with van der Waals surface area (Å²) in [5, 5.41) is 3.55. The van der Waals surface area contributed by atoms with Gasteiger partial charge in [0.05, 0.1) is 30.5 Å². The zero-order valence-electron chi connectivity index (χ0n) is 26.9. The Morgan fingerprint density at radius 3 is 2.38 bits per heavy atom. The zero-order chi connectivity index (χ0) is 31.0. The number of hydrogen-bond donors (Lipinski definition) is 0. The van der Waals surface area contributed by atoms with Crippen LogP contribution in [0.25, 0.3) is 55.7 Å². The van der Waals surface area contributed by atoms with Crippen LogP contribution in [0.15, 0.2) is 89.5 Å². The second-order valence-corrected chi connectivity index (χ2v) is 17.9. The molecule has 45 heavy (non-hydrogen) atoms. The van der Waals surface area contributed by atoms with Crippen LogP contribution in [0.4, 0.5) is 0 Å². The van der Waals surface area contributed by atoms with Crippen LogP contribution in [0.1, 0.15) is 25.1 Å². The number of fused-ring (bicyclic) bond motifs is 4. The van der Waals surface area contributed by atoms with Gasteiger partial charge in [0, 0.05) is 44.4 Å². The molecule has 4 heterocycles.